The maximum atomic E-state index is 12.1. The first-order valence-electron chi connectivity index (χ1n) is 6.19. The van der Waals surface area contributed by atoms with Gasteiger partial charge in [-0.15, -0.1) is 0 Å². The zero-order valence-electron chi connectivity index (χ0n) is 10.4. The van der Waals surface area contributed by atoms with Crippen molar-refractivity contribution >= 4 is 15.9 Å². The first-order chi connectivity index (χ1) is 8.56. The predicted molar refractivity (Wildman–Crippen MR) is 69.6 cm³/mol. The fourth-order valence-electron chi connectivity index (χ4n) is 2.10. The van der Waals surface area contributed by atoms with E-state index in [2.05, 4.69) is 0 Å². The van der Waals surface area contributed by atoms with Crippen molar-refractivity contribution in [2.75, 3.05) is 5.75 Å². The summed E-state index contributed by atoms with van der Waals surface area (Å²) in [5.74, 6) is -0.331. The zero-order chi connectivity index (χ0) is 13.2. The van der Waals surface area contributed by atoms with Crippen LogP contribution in [0.1, 0.15) is 42.1 Å². The second kappa shape index (κ2) is 5.10. The van der Waals surface area contributed by atoms with E-state index in [1.807, 2.05) is 13.0 Å². The molecule has 1 aromatic rings. The largest absolute Gasteiger partial charge is 0.268 e. The van der Waals surface area contributed by atoms with Crippen LogP contribution in [0.25, 0.3) is 0 Å². The molecule has 4 nitrogen and oxygen atoms in total. The van der Waals surface area contributed by atoms with Crippen LogP contribution in [0.4, 0.5) is 0 Å². The average Bonchev–Trinajstić information content (AvgIpc) is 2.69. The summed E-state index contributed by atoms with van der Waals surface area (Å²) in [5, 5.41) is 0. The Hall–Kier alpha value is -1.36. The number of rotatable bonds is 5. The Morgan fingerprint density at radius 1 is 1.22 bits per heavy atom. The van der Waals surface area contributed by atoms with Crippen molar-refractivity contribution in [2.24, 2.45) is 0 Å². The van der Waals surface area contributed by atoms with Crippen LogP contribution in [0.2, 0.25) is 0 Å². The summed E-state index contributed by atoms with van der Waals surface area (Å²) in [5.41, 5.74) is 1.30. The molecule has 1 aliphatic heterocycles. The minimum absolute atomic E-state index is 0.0561. The number of sulfonamides is 1. The van der Waals surface area contributed by atoms with E-state index in [4.69, 9.17) is 0 Å². The lowest BCUT2D eigenvalue weighted by Crippen LogP contribution is -2.33. The smallest absolute Gasteiger partial charge is 0.267 e. The number of benzene rings is 1. The molecule has 1 aromatic carbocycles. The Labute approximate surface area is 108 Å². The second-order valence-corrected chi connectivity index (χ2v) is 6.50. The van der Waals surface area contributed by atoms with Crippen molar-refractivity contribution in [3.63, 3.8) is 0 Å². The summed E-state index contributed by atoms with van der Waals surface area (Å²) in [4.78, 5) is 12.0. The van der Waals surface area contributed by atoms with Gasteiger partial charge in [0.2, 0.25) is 10.0 Å². The number of carbonyl (C=O) groups is 1. The maximum Gasteiger partial charge on any atom is 0.267 e. The van der Waals surface area contributed by atoms with Crippen molar-refractivity contribution < 1.29 is 13.2 Å². The van der Waals surface area contributed by atoms with Gasteiger partial charge in [-0.05, 0) is 18.1 Å². The zero-order valence-corrected chi connectivity index (χ0v) is 11.2. The topological polar surface area (TPSA) is 54.5 Å². The van der Waals surface area contributed by atoms with E-state index in [-0.39, 0.29) is 18.2 Å². The van der Waals surface area contributed by atoms with E-state index in [1.165, 1.54) is 0 Å². The first kappa shape index (κ1) is 13.1. The summed E-state index contributed by atoms with van der Waals surface area (Å²) < 4.78 is 25.2. The normalized spacial score (nSPS) is 14.9. The van der Waals surface area contributed by atoms with Gasteiger partial charge in [-0.2, -0.15) is 0 Å². The van der Waals surface area contributed by atoms with Crippen LogP contribution in [0.15, 0.2) is 24.3 Å². The van der Waals surface area contributed by atoms with E-state index < -0.39 is 10.0 Å². The molecule has 1 amide bonds. The summed E-state index contributed by atoms with van der Waals surface area (Å²) >= 11 is 0. The molecular weight excluding hydrogens is 250 g/mol. The molecule has 0 spiro atoms. The fourth-order valence-corrected chi connectivity index (χ4v) is 3.57. The minimum Gasteiger partial charge on any atom is -0.268 e. The molecule has 0 radical (unpaired) electrons. The molecule has 2 rings (SSSR count). The quantitative estimate of drug-likeness (QED) is 0.768. The van der Waals surface area contributed by atoms with Crippen LogP contribution in [-0.2, 0) is 16.6 Å². The van der Waals surface area contributed by atoms with Gasteiger partial charge in [0.15, 0.2) is 0 Å². The predicted octanol–water partition coefficient (Wildman–Crippen LogP) is 2.16. The number of nitrogens with zero attached hydrogens (tertiary/aromatic N) is 1. The minimum atomic E-state index is -3.47. The van der Waals surface area contributed by atoms with Gasteiger partial charge in [0.25, 0.3) is 5.91 Å². The summed E-state index contributed by atoms with van der Waals surface area (Å²) in [6.07, 6.45) is 2.44. The number of hydrogen-bond acceptors (Lipinski definition) is 3. The van der Waals surface area contributed by atoms with Crippen LogP contribution in [0.3, 0.4) is 0 Å². The number of amides is 1. The highest BCUT2D eigenvalue weighted by molar-refractivity contribution is 7.89. The molecule has 1 heterocycles. The third kappa shape index (κ3) is 2.41. The monoisotopic (exact) mass is 267 g/mol. The lowest BCUT2D eigenvalue weighted by molar-refractivity contribution is 0.0879. The molecule has 0 aliphatic carbocycles. The van der Waals surface area contributed by atoms with E-state index in [9.17, 15) is 13.2 Å². The molecule has 0 bridgehead atoms. The van der Waals surface area contributed by atoms with Crippen LogP contribution >= 0.6 is 0 Å². The van der Waals surface area contributed by atoms with Crippen molar-refractivity contribution in [2.45, 2.75) is 32.7 Å². The third-order valence-electron chi connectivity index (χ3n) is 3.13. The average molecular weight is 267 g/mol. The highest BCUT2D eigenvalue weighted by Crippen LogP contribution is 2.25. The number of hydrogen-bond donors (Lipinski definition) is 0. The van der Waals surface area contributed by atoms with Gasteiger partial charge in [0, 0.05) is 5.56 Å². The van der Waals surface area contributed by atoms with Gasteiger partial charge in [0.1, 0.15) is 0 Å². The molecule has 98 valence electrons. The molecule has 0 saturated heterocycles. The van der Waals surface area contributed by atoms with E-state index >= 15 is 0 Å². The van der Waals surface area contributed by atoms with Gasteiger partial charge in [-0.25, -0.2) is 12.7 Å². The Kier molecular flexibility index (Phi) is 3.71. The number of unbranched alkanes of at least 4 members (excludes halogenated alkanes) is 2. The van der Waals surface area contributed by atoms with Crippen molar-refractivity contribution in [1.29, 1.82) is 0 Å². The molecule has 0 aromatic heterocycles. The molecule has 18 heavy (non-hydrogen) atoms. The number of carbonyl (C=O) groups excluding carboxylic acids is 1. The molecule has 1 aliphatic rings. The molecular formula is C13H17NO3S. The Bertz CT molecular complexity index is 551. The summed E-state index contributed by atoms with van der Waals surface area (Å²) in [6, 6.07) is 7.05. The van der Waals surface area contributed by atoms with Gasteiger partial charge >= 0.3 is 0 Å². The van der Waals surface area contributed by atoms with Crippen LogP contribution < -0.4 is 0 Å². The highest BCUT2D eigenvalue weighted by Gasteiger charge is 2.34. The summed E-state index contributed by atoms with van der Waals surface area (Å²) in [6.45, 7) is 2.20. The molecule has 0 atom stereocenters. The summed E-state index contributed by atoms with van der Waals surface area (Å²) in [7, 11) is -3.47. The van der Waals surface area contributed by atoms with Gasteiger partial charge < -0.3 is 0 Å². The van der Waals surface area contributed by atoms with Crippen molar-refractivity contribution in [3.8, 4) is 0 Å². The second-order valence-electron chi connectivity index (χ2n) is 4.49. The van der Waals surface area contributed by atoms with Crippen LogP contribution in [-0.4, -0.2) is 24.4 Å². The van der Waals surface area contributed by atoms with Crippen LogP contribution in [0, 0.1) is 0 Å². The molecule has 5 heteroatoms. The van der Waals surface area contributed by atoms with Crippen molar-refractivity contribution in [1.82, 2.24) is 4.31 Å². The van der Waals surface area contributed by atoms with Crippen molar-refractivity contribution in [3.05, 3.63) is 35.4 Å². The van der Waals surface area contributed by atoms with Gasteiger partial charge in [0.05, 0.1) is 12.3 Å². The lowest BCUT2D eigenvalue weighted by Gasteiger charge is -2.15. The van der Waals surface area contributed by atoms with Gasteiger partial charge in [-0.3, -0.25) is 4.79 Å². The molecule has 0 unspecified atom stereocenters. The first-order valence-corrected chi connectivity index (χ1v) is 7.80. The molecule has 0 saturated carbocycles. The van der Waals surface area contributed by atoms with E-state index in [1.54, 1.807) is 18.2 Å². The Morgan fingerprint density at radius 3 is 2.61 bits per heavy atom. The lowest BCUT2D eigenvalue weighted by atomic mass is 10.1. The molecule has 0 N–H and O–H groups in total. The SMILES string of the molecule is CCCCCS(=O)(=O)N1Cc2ccccc2C1=O. The Balaban J connectivity index is 2.15. The fraction of sp³-hybridized carbons (Fsp3) is 0.462. The van der Waals surface area contributed by atoms with Gasteiger partial charge in [-0.1, -0.05) is 38.0 Å². The standard InChI is InChI=1S/C13H17NO3S/c1-2-3-6-9-18(16,17)14-10-11-7-4-5-8-12(11)13(14)15/h4-5,7-8H,2-3,6,9-10H2,1H3. The van der Waals surface area contributed by atoms with E-state index in [0.29, 0.717) is 12.0 Å². The Morgan fingerprint density at radius 2 is 1.94 bits per heavy atom. The third-order valence-corrected chi connectivity index (χ3v) is 4.90. The van der Waals surface area contributed by atoms with Crippen LogP contribution in [0.5, 0.6) is 0 Å². The highest BCUT2D eigenvalue weighted by atomic mass is 32.2. The molecule has 0 fully saturated rings. The maximum absolute atomic E-state index is 12.1. The number of fused-ring (bicyclic) bond motifs is 1. The van der Waals surface area contributed by atoms with E-state index in [0.717, 1.165) is 22.7 Å².